The maximum absolute atomic E-state index is 10.9. The molecule has 0 saturated heterocycles. The zero-order chi connectivity index (χ0) is 14.6. The predicted molar refractivity (Wildman–Crippen MR) is 70.7 cm³/mol. The third-order valence-corrected chi connectivity index (χ3v) is 3.28. The number of ether oxygens (including phenoxy) is 2. The van der Waals surface area contributed by atoms with E-state index in [1.807, 2.05) is 6.92 Å². The predicted octanol–water partition coefficient (Wildman–Crippen LogP) is 2.57. The van der Waals surface area contributed by atoms with Crippen LogP contribution in [0, 0.1) is 10.1 Å². The van der Waals surface area contributed by atoms with E-state index in [0.29, 0.717) is 6.42 Å². The number of aromatic hydroxyl groups is 1. The van der Waals surface area contributed by atoms with Gasteiger partial charge in [-0.2, -0.15) is 0 Å². The second kappa shape index (κ2) is 6.26. The standard InChI is InChI=1S/C13H19NO5/c1-5-10(8(2)14(16)17)9-6-11(18-3)13(15)12(7-9)19-4/h6-8,10,15H,5H2,1-4H3. The van der Waals surface area contributed by atoms with Gasteiger partial charge >= 0.3 is 0 Å². The molecule has 0 bridgehead atoms. The van der Waals surface area contributed by atoms with Crippen molar-refractivity contribution in [3.63, 3.8) is 0 Å². The molecule has 2 unspecified atom stereocenters. The summed E-state index contributed by atoms with van der Waals surface area (Å²) in [5, 5.41) is 20.8. The van der Waals surface area contributed by atoms with Gasteiger partial charge in [0.2, 0.25) is 11.8 Å². The van der Waals surface area contributed by atoms with Gasteiger partial charge in [0, 0.05) is 11.8 Å². The van der Waals surface area contributed by atoms with Crippen LogP contribution in [-0.4, -0.2) is 30.3 Å². The first-order chi connectivity index (χ1) is 8.96. The lowest BCUT2D eigenvalue weighted by Gasteiger charge is -2.19. The highest BCUT2D eigenvalue weighted by molar-refractivity contribution is 5.53. The van der Waals surface area contributed by atoms with Crippen molar-refractivity contribution in [3.8, 4) is 17.2 Å². The van der Waals surface area contributed by atoms with Gasteiger partial charge in [0.1, 0.15) is 0 Å². The highest BCUT2D eigenvalue weighted by Gasteiger charge is 2.28. The Bertz CT molecular complexity index is 435. The Labute approximate surface area is 112 Å². The topological polar surface area (TPSA) is 81.8 Å². The van der Waals surface area contributed by atoms with Gasteiger partial charge in [0.15, 0.2) is 11.5 Å². The van der Waals surface area contributed by atoms with E-state index in [9.17, 15) is 15.2 Å². The van der Waals surface area contributed by atoms with Crippen LogP contribution in [-0.2, 0) is 0 Å². The smallest absolute Gasteiger partial charge is 0.217 e. The summed E-state index contributed by atoms with van der Waals surface area (Å²) in [4.78, 5) is 10.6. The Balaban J connectivity index is 3.28. The molecule has 0 aliphatic carbocycles. The van der Waals surface area contributed by atoms with Crippen molar-refractivity contribution in [2.75, 3.05) is 14.2 Å². The van der Waals surface area contributed by atoms with Crippen LogP contribution in [0.5, 0.6) is 17.2 Å². The van der Waals surface area contributed by atoms with Crippen molar-refractivity contribution in [3.05, 3.63) is 27.8 Å². The first kappa shape index (κ1) is 15.1. The van der Waals surface area contributed by atoms with E-state index >= 15 is 0 Å². The van der Waals surface area contributed by atoms with Crippen molar-refractivity contribution in [1.29, 1.82) is 0 Å². The van der Waals surface area contributed by atoms with Gasteiger partial charge in [0.05, 0.1) is 20.1 Å². The van der Waals surface area contributed by atoms with Gasteiger partial charge in [-0.1, -0.05) is 6.92 Å². The van der Waals surface area contributed by atoms with Crippen LogP contribution in [0.1, 0.15) is 31.7 Å². The van der Waals surface area contributed by atoms with Crippen molar-refractivity contribution >= 4 is 0 Å². The molecule has 2 atom stereocenters. The molecule has 6 heteroatoms. The highest BCUT2D eigenvalue weighted by atomic mass is 16.6. The summed E-state index contributed by atoms with van der Waals surface area (Å²) in [7, 11) is 2.85. The molecular weight excluding hydrogens is 250 g/mol. The number of rotatable bonds is 6. The Hall–Kier alpha value is -1.98. The minimum atomic E-state index is -0.719. The molecule has 1 aromatic rings. The zero-order valence-electron chi connectivity index (χ0n) is 11.5. The Kier molecular flexibility index (Phi) is 4.97. The summed E-state index contributed by atoms with van der Waals surface area (Å²) in [5.74, 6) is 0.141. The molecule has 1 aromatic carbocycles. The van der Waals surface area contributed by atoms with Crippen molar-refractivity contribution in [2.45, 2.75) is 32.2 Å². The maximum atomic E-state index is 10.9. The number of phenols is 1. The molecule has 0 aromatic heterocycles. The van der Waals surface area contributed by atoms with Gasteiger partial charge < -0.3 is 14.6 Å². The van der Waals surface area contributed by atoms with Gasteiger partial charge in [-0.3, -0.25) is 10.1 Å². The number of nitro groups is 1. The van der Waals surface area contributed by atoms with Crippen molar-refractivity contribution in [1.82, 2.24) is 0 Å². The molecule has 19 heavy (non-hydrogen) atoms. The summed E-state index contributed by atoms with van der Waals surface area (Å²) < 4.78 is 10.1. The molecule has 0 aliphatic heterocycles. The minimum absolute atomic E-state index is 0.0997. The second-order valence-corrected chi connectivity index (χ2v) is 4.31. The largest absolute Gasteiger partial charge is 0.502 e. The first-order valence-corrected chi connectivity index (χ1v) is 6.04. The molecule has 0 spiro atoms. The fraction of sp³-hybridized carbons (Fsp3) is 0.538. The van der Waals surface area contributed by atoms with Crippen molar-refractivity contribution < 1.29 is 19.5 Å². The van der Waals surface area contributed by atoms with Gasteiger partial charge in [0.25, 0.3) is 0 Å². The number of benzene rings is 1. The molecule has 0 aliphatic rings. The van der Waals surface area contributed by atoms with Crippen LogP contribution in [0.2, 0.25) is 0 Å². The third kappa shape index (κ3) is 3.07. The first-order valence-electron chi connectivity index (χ1n) is 6.04. The third-order valence-electron chi connectivity index (χ3n) is 3.28. The highest BCUT2D eigenvalue weighted by Crippen LogP contribution is 2.40. The molecule has 1 N–H and O–H groups in total. The maximum Gasteiger partial charge on any atom is 0.217 e. The molecule has 0 saturated carbocycles. The van der Waals surface area contributed by atoms with E-state index < -0.39 is 6.04 Å². The number of phenolic OH excluding ortho intramolecular Hbond substituents is 1. The fourth-order valence-corrected chi connectivity index (χ4v) is 2.13. The normalized spacial score (nSPS) is 13.7. The van der Waals surface area contributed by atoms with Crippen LogP contribution in [0.25, 0.3) is 0 Å². The van der Waals surface area contributed by atoms with E-state index in [1.54, 1.807) is 19.1 Å². The molecule has 0 amide bonds. The van der Waals surface area contributed by atoms with Gasteiger partial charge in [-0.05, 0) is 24.1 Å². The molecule has 6 nitrogen and oxygen atoms in total. The number of methoxy groups -OCH3 is 2. The van der Waals surface area contributed by atoms with Crippen LogP contribution in [0.4, 0.5) is 0 Å². The van der Waals surface area contributed by atoms with E-state index in [0.717, 1.165) is 5.56 Å². The molecule has 0 fully saturated rings. The summed E-state index contributed by atoms with van der Waals surface area (Å²) in [6.45, 7) is 3.45. The van der Waals surface area contributed by atoms with Crippen LogP contribution in [0.3, 0.4) is 0 Å². The summed E-state index contributed by atoms with van der Waals surface area (Å²) >= 11 is 0. The average molecular weight is 269 g/mol. The number of nitrogens with zero attached hydrogens (tertiary/aromatic N) is 1. The van der Waals surface area contributed by atoms with E-state index in [1.165, 1.54) is 14.2 Å². The number of hydrogen-bond acceptors (Lipinski definition) is 5. The molecular formula is C13H19NO5. The summed E-state index contributed by atoms with van der Waals surface area (Å²) in [6.07, 6.45) is 0.610. The fourth-order valence-electron chi connectivity index (χ4n) is 2.13. The average Bonchev–Trinajstić information content (AvgIpc) is 2.40. The number of hydrogen-bond donors (Lipinski definition) is 1. The monoisotopic (exact) mass is 269 g/mol. The van der Waals surface area contributed by atoms with E-state index in [-0.39, 0.29) is 28.1 Å². The minimum Gasteiger partial charge on any atom is -0.502 e. The van der Waals surface area contributed by atoms with Gasteiger partial charge in [-0.15, -0.1) is 0 Å². The van der Waals surface area contributed by atoms with E-state index in [4.69, 9.17) is 9.47 Å². The lowest BCUT2D eigenvalue weighted by molar-refractivity contribution is -0.522. The molecule has 0 heterocycles. The lowest BCUT2D eigenvalue weighted by Crippen LogP contribution is -2.23. The summed E-state index contributed by atoms with van der Waals surface area (Å²) in [5.41, 5.74) is 0.721. The van der Waals surface area contributed by atoms with Gasteiger partial charge in [-0.25, -0.2) is 0 Å². The quantitative estimate of drug-likeness (QED) is 0.634. The van der Waals surface area contributed by atoms with Crippen molar-refractivity contribution in [2.24, 2.45) is 0 Å². The van der Waals surface area contributed by atoms with Crippen LogP contribution >= 0.6 is 0 Å². The Morgan fingerprint density at radius 3 is 2.11 bits per heavy atom. The Morgan fingerprint density at radius 2 is 1.79 bits per heavy atom. The second-order valence-electron chi connectivity index (χ2n) is 4.31. The SMILES string of the molecule is CCC(c1cc(OC)c(O)c(OC)c1)C(C)[N+](=O)[O-]. The lowest BCUT2D eigenvalue weighted by atomic mass is 9.90. The van der Waals surface area contributed by atoms with E-state index in [2.05, 4.69) is 0 Å². The molecule has 1 rings (SSSR count). The molecule has 106 valence electrons. The summed E-state index contributed by atoms with van der Waals surface area (Å²) in [6, 6.07) is 2.52. The Morgan fingerprint density at radius 1 is 1.32 bits per heavy atom. The van der Waals surface area contributed by atoms with Crippen LogP contribution < -0.4 is 9.47 Å². The molecule has 0 radical (unpaired) electrons. The van der Waals surface area contributed by atoms with Crippen LogP contribution in [0.15, 0.2) is 12.1 Å². The zero-order valence-corrected chi connectivity index (χ0v) is 11.5.